The van der Waals surface area contributed by atoms with Crippen LogP contribution in [0.25, 0.3) is 5.69 Å². The Morgan fingerprint density at radius 2 is 2.13 bits per heavy atom. The van der Waals surface area contributed by atoms with Gasteiger partial charge in [0.05, 0.1) is 11.4 Å². The molecule has 2 nitrogen and oxygen atoms in total. The highest BCUT2D eigenvalue weighted by molar-refractivity contribution is 5.73. The Bertz CT molecular complexity index is 502. The maximum atomic E-state index is 13.6. The number of aryl methyl sites for hydroxylation is 1. The van der Waals surface area contributed by atoms with E-state index in [4.69, 9.17) is 0 Å². The third-order valence-corrected chi connectivity index (χ3v) is 2.26. The van der Waals surface area contributed by atoms with Crippen molar-refractivity contribution < 1.29 is 9.18 Å². The number of aromatic nitrogens is 1. The highest BCUT2D eigenvalue weighted by Gasteiger charge is 2.07. The van der Waals surface area contributed by atoms with E-state index in [9.17, 15) is 9.18 Å². The van der Waals surface area contributed by atoms with Gasteiger partial charge in [-0.25, -0.2) is 4.39 Å². The van der Waals surface area contributed by atoms with Crippen molar-refractivity contribution in [2.45, 2.75) is 6.92 Å². The summed E-state index contributed by atoms with van der Waals surface area (Å²) in [5, 5.41) is 0. The quantitative estimate of drug-likeness (QED) is 0.688. The van der Waals surface area contributed by atoms with E-state index in [1.807, 2.05) is 13.0 Å². The predicted molar refractivity (Wildman–Crippen MR) is 55.9 cm³/mol. The minimum Gasteiger partial charge on any atom is -0.311 e. The molecule has 1 aromatic heterocycles. The summed E-state index contributed by atoms with van der Waals surface area (Å²) >= 11 is 0. The van der Waals surface area contributed by atoms with Gasteiger partial charge in [-0.2, -0.15) is 0 Å². The molecule has 0 saturated heterocycles. The number of carbonyl (C=O) groups is 1. The first-order chi connectivity index (χ1) is 7.22. The van der Waals surface area contributed by atoms with E-state index in [2.05, 4.69) is 0 Å². The van der Waals surface area contributed by atoms with Gasteiger partial charge in [0.1, 0.15) is 5.82 Å². The van der Waals surface area contributed by atoms with Crippen LogP contribution in [0.1, 0.15) is 16.1 Å². The highest BCUT2D eigenvalue weighted by Crippen LogP contribution is 2.16. The second-order valence-corrected chi connectivity index (χ2v) is 3.38. The summed E-state index contributed by atoms with van der Waals surface area (Å²) in [6.07, 6.45) is 2.37. The maximum Gasteiger partial charge on any atom is 0.166 e. The third kappa shape index (κ3) is 1.68. The molecule has 2 rings (SSSR count). The molecule has 0 fully saturated rings. The highest BCUT2D eigenvalue weighted by atomic mass is 19.1. The first kappa shape index (κ1) is 9.65. The molecule has 15 heavy (non-hydrogen) atoms. The molecule has 0 unspecified atom stereocenters. The van der Waals surface area contributed by atoms with Crippen molar-refractivity contribution in [1.29, 1.82) is 0 Å². The molecule has 0 saturated carbocycles. The van der Waals surface area contributed by atoms with Gasteiger partial charge in [-0.15, -0.1) is 0 Å². The Labute approximate surface area is 87.0 Å². The second-order valence-electron chi connectivity index (χ2n) is 3.38. The summed E-state index contributed by atoms with van der Waals surface area (Å²) in [7, 11) is 0. The molecule has 0 bridgehead atoms. The Morgan fingerprint density at radius 1 is 1.33 bits per heavy atom. The monoisotopic (exact) mass is 203 g/mol. The Morgan fingerprint density at radius 3 is 2.80 bits per heavy atom. The van der Waals surface area contributed by atoms with Crippen LogP contribution in [0.2, 0.25) is 0 Å². The van der Waals surface area contributed by atoms with E-state index in [0.29, 0.717) is 17.7 Å². The van der Waals surface area contributed by atoms with E-state index in [1.165, 1.54) is 10.6 Å². The molecule has 0 amide bonds. The number of carbonyl (C=O) groups excluding carboxylic acids is 1. The van der Waals surface area contributed by atoms with Crippen LogP contribution in [0.5, 0.6) is 0 Å². The van der Waals surface area contributed by atoms with Crippen LogP contribution in [0.3, 0.4) is 0 Å². The molecular weight excluding hydrogens is 193 g/mol. The van der Waals surface area contributed by atoms with E-state index in [-0.39, 0.29) is 5.82 Å². The number of rotatable bonds is 2. The number of aldehydes is 1. The molecule has 1 aromatic carbocycles. The van der Waals surface area contributed by atoms with Crippen molar-refractivity contribution in [2.75, 3.05) is 0 Å². The normalized spacial score (nSPS) is 10.3. The fourth-order valence-corrected chi connectivity index (χ4v) is 1.52. The summed E-state index contributed by atoms with van der Waals surface area (Å²) in [5.74, 6) is -0.325. The first-order valence-corrected chi connectivity index (χ1v) is 4.61. The average Bonchev–Trinajstić information content (AvgIpc) is 2.65. The number of benzene rings is 1. The van der Waals surface area contributed by atoms with Gasteiger partial charge in [-0.05, 0) is 36.8 Å². The lowest BCUT2D eigenvalue weighted by molar-refractivity contribution is 0.111. The van der Waals surface area contributed by atoms with Crippen LogP contribution in [0, 0.1) is 12.7 Å². The largest absolute Gasteiger partial charge is 0.311 e. The molecule has 0 aliphatic heterocycles. The number of hydrogen-bond donors (Lipinski definition) is 0. The molecule has 3 heteroatoms. The Kier molecular flexibility index (Phi) is 2.37. The fraction of sp³-hybridized carbons (Fsp3) is 0.0833. The number of nitrogens with zero attached hydrogens (tertiary/aromatic N) is 1. The van der Waals surface area contributed by atoms with Gasteiger partial charge in [0.2, 0.25) is 0 Å². The molecule has 0 aliphatic rings. The smallest absolute Gasteiger partial charge is 0.166 e. The van der Waals surface area contributed by atoms with Crippen molar-refractivity contribution in [1.82, 2.24) is 4.57 Å². The lowest BCUT2D eigenvalue weighted by atomic mass is 10.2. The summed E-state index contributed by atoms with van der Waals surface area (Å²) in [5.41, 5.74) is 1.70. The van der Waals surface area contributed by atoms with Crippen molar-refractivity contribution >= 4 is 6.29 Å². The van der Waals surface area contributed by atoms with E-state index in [0.717, 1.165) is 5.56 Å². The van der Waals surface area contributed by atoms with Crippen LogP contribution in [-0.2, 0) is 0 Å². The summed E-state index contributed by atoms with van der Waals surface area (Å²) in [6, 6.07) is 8.28. The van der Waals surface area contributed by atoms with Gasteiger partial charge in [0.25, 0.3) is 0 Å². The molecular formula is C12H10FNO. The zero-order valence-electron chi connectivity index (χ0n) is 8.27. The standard InChI is InChI=1S/C12H10FNO/c1-9-4-5-12(11(13)7-9)14-6-2-3-10(14)8-15/h2-8H,1H3. The van der Waals surface area contributed by atoms with Gasteiger partial charge in [-0.1, -0.05) is 6.07 Å². The Balaban J connectivity index is 2.59. The third-order valence-electron chi connectivity index (χ3n) is 2.26. The summed E-state index contributed by atoms with van der Waals surface area (Å²) in [6.45, 7) is 1.82. The van der Waals surface area contributed by atoms with Crippen LogP contribution in [-0.4, -0.2) is 10.9 Å². The van der Waals surface area contributed by atoms with Crippen molar-refractivity contribution in [3.63, 3.8) is 0 Å². The van der Waals surface area contributed by atoms with Crippen molar-refractivity contribution in [2.24, 2.45) is 0 Å². The molecule has 0 aliphatic carbocycles. The predicted octanol–water partition coefficient (Wildman–Crippen LogP) is 2.74. The van der Waals surface area contributed by atoms with Gasteiger partial charge in [0.15, 0.2) is 6.29 Å². The van der Waals surface area contributed by atoms with Gasteiger partial charge in [-0.3, -0.25) is 4.79 Å². The molecule has 0 radical (unpaired) electrons. The van der Waals surface area contributed by atoms with E-state index in [1.54, 1.807) is 24.4 Å². The van der Waals surface area contributed by atoms with Crippen LogP contribution in [0.4, 0.5) is 4.39 Å². The van der Waals surface area contributed by atoms with E-state index >= 15 is 0 Å². The molecule has 0 N–H and O–H groups in total. The molecule has 0 spiro atoms. The van der Waals surface area contributed by atoms with Crippen molar-refractivity contribution in [3.8, 4) is 5.69 Å². The minimum absolute atomic E-state index is 0.325. The zero-order chi connectivity index (χ0) is 10.8. The lowest BCUT2D eigenvalue weighted by Crippen LogP contribution is -2.00. The lowest BCUT2D eigenvalue weighted by Gasteiger charge is -2.07. The molecule has 2 aromatic rings. The maximum absolute atomic E-state index is 13.6. The molecule has 1 heterocycles. The van der Waals surface area contributed by atoms with Gasteiger partial charge >= 0.3 is 0 Å². The average molecular weight is 203 g/mol. The Hall–Kier alpha value is -1.90. The second kappa shape index (κ2) is 3.69. The van der Waals surface area contributed by atoms with Crippen molar-refractivity contribution in [3.05, 3.63) is 53.6 Å². The molecule has 76 valence electrons. The number of hydrogen-bond acceptors (Lipinski definition) is 1. The zero-order valence-corrected chi connectivity index (χ0v) is 8.27. The fourth-order valence-electron chi connectivity index (χ4n) is 1.52. The topological polar surface area (TPSA) is 22.0 Å². The first-order valence-electron chi connectivity index (χ1n) is 4.61. The van der Waals surface area contributed by atoms with Gasteiger partial charge in [0, 0.05) is 6.20 Å². The van der Waals surface area contributed by atoms with E-state index < -0.39 is 0 Å². The minimum atomic E-state index is -0.325. The van der Waals surface area contributed by atoms with Crippen LogP contribution >= 0.6 is 0 Å². The van der Waals surface area contributed by atoms with Crippen LogP contribution < -0.4 is 0 Å². The number of halogens is 1. The SMILES string of the molecule is Cc1ccc(-n2cccc2C=O)c(F)c1. The van der Waals surface area contributed by atoms with Crippen LogP contribution in [0.15, 0.2) is 36.5 Å². The summed E-state index contributed by atoms with van der Waals surface area (Å²) in [4.78, 5) is 10.7. The molecule has 0 atom stereocenters. The van der Waals surface area contributed by atoms with Gasteiger partial charge < -0.3 is 4.57 Å². The summed E-state index contributed by atoms with van der Waals surface area (Å²) < 4.78 is 15.1.